The predicted octanol–water partition coefficient (Wildman–Crippen LogP) is 6.65. The molecule has 0 aromatic heterocycles. The molecule has 3 heteroatoms. The molecule has 1 aromatic rings. The minimum absolute atomic E-state index is 0.132. The lowest BCUT2D eigenvalue weighted by atomic mass is 9.88. The maximum Gasteiger partial charge on any atom is 0.217 e. The Labute approximate surface area is 173 Å². The van der Waals surface area contributed by atoms with Gasteiger partial charge in [-0.25, -0.2) is 4.99 Å². The van der Waals surface area contributed by atoms with Gasteiger partial charge in [0.1, 0.15) is 6.61 Å². The van der Waals surface area contributed by atoms with Crippen molar-refractivity contribution in [2.75, 3.05) is 6.61 Å². The second-order valence-corrected chi connectivity index (χ2v) is 12.9. The normalized spacial score (nSPS) is 25.0. The molecule has 0 spiro atoms. The first-order valence-electron chi connectivity index (χ1n) is 11.6. The molecule has 0 saturated heterocycles. The summed E-state index contributed by atoms with van der Waals surface area (Å²) < 4.78 is 6.20. The number of hydrogen-bond acceptors (Lipinski definition) is 2. The molecule has 3 aliphatic rings. The van der Waals surface area contributed by atoms with E-state index in [4.69, 9.17) is 9.73 Å². The van der Waals surface area contributed by atoms with Crippen molar-refractivity contribution in [3.63, 3.8) is 0 Å². The van der Waals surface area contributed by atoms with Gasteiger partial charge in [-0.2, -0.15) is 0 Å². The largest absolute Gasteiger partial charge is 0.475 e. The van der Waals surface area contributed by atoms with Crippen molar-refractivity contribution >= 4 is 19.1 Å². The zero-order valence-corrected chi connectivity index (χ0v) is 19.0. The molecular weight excluding hydrogens is 361 g/mol. The highest BCUT2D eigenvalue weighted by Gasteiger charge is 2.36. The van der Waals surface area contributed by atoms with Gasteiger partial charge in [0.25, 0.3) is 0 Å². The maximum absolute atomic E-state index is 6.20. The molecule has 1 aromatic carbocycles. The monoisotopic (exact) mass is 399 g/mol. The van der Waals surface area contributed by atoms with Crippen LogP contribution in [0.1, 0.15) is 90.5 Å². The van der Waals surface area contributed by atoms with Crippen LogP contribution in [0.15, 0.2) is 29.3 Å². The molecule has 154 valence electrons. The number of ether oxygens (including phenoxy) is 1. The summed E-state index contributed by atoms with van der Waals surface area (Å²) in [5.74, 6) is 0.926. The fourth-order valence-corrected chi connectivity index (χ4v) is 9.19. The van der Waals surface area contributed by atoms with Crippen molar-refractivity contribution in [2.45, 2.75) is 102 Å². The highest BCUT2D eigenvalue weighted by molar-refractivity contribution is 7.67. The molecule has 2 fully saturated rings. The molecule has 0 radical (unpaired) electrons. The summed E-state index contributed by atoms with van der Waals surface area (Å²) in [6, 6.07) is 9.44. The molecule has 28 heavy (non-hydrogen) atoms. The van der Waals surface area contributed by atoms with Crippen molar-refractivity contribution in [3.8, 4) is 0 Å². The van der Waals surface area contributed by atoms with Gasteiger partial charge >= 0.3 is 0 Å². The van der Waals surface area contributed by atoms with Crippen LogP contribution in [0.3, 0.4) is 0 Å². The van der Waals surface area contributed by atoms with Crippen LogP contribution in [-0.2, 0) is 4.74 Å². The lowest BCUT2D eigenvalue weighted by Crippen LogP contribution is -2.29. The number of aliphatic imine (C=N–C) groups is 1. The third-order valence-corrected chi connectivity index (χ3v) is 10.6. The number of nitrogens with zero attached hydrogens (tertiary/aromatic N) is 1. The second-order valence-electron chi connectivity index (χ2n) is 10.1. The highest BCUT2D eigenvalue weighted by Crippen LogP contribution is 2.55. The van der Waals surface area contributed by atoms with Crippen LogP contribution in [0.2, 0.25) is 0 Å². The Morgan fingerprint density at radius 1 is 0.857 bits per heavy atom. The topological polar surface area (TPSA) is 21.6 Å². The Balaban J connectivity index is 1.69. The van der Waals surface area contributed by atoms with E-state index < -0.39 is 0 Å². The summed E-state index contributed by atoms with van der Waals surface area (Å²) >= 11 is 0. The van der Waals surface area contributed by atoms with Gasteiger partial charge in [-0.3, -0.25) is 0 Å². The Morgan fingerprint density at radius 2 is 1.43 bits per heavy atom. The summed E-state index contributed by atoms with van der Waals surface area (Å²) in [4.78, 5) is 5.07. The minimum Gasteiger partial charge on any atom is -0.475 e. The van der Waals surface area contributed by atoms with Gasteiger partial charge in [0.05, 0.1) is 6.04 Å². The first-order valence-corrected chi connectivity index (χ1v) is 13.1. The van der Waals surface area contributed by atoms with E-state index in [1.165, 1.54) is 69.8 Å². The zero-order chi connectivity index (χ0) is 19.6. The molecule has 1 atom stereocenters. The molecule has 4 rings (SSSR count). The first kappa shape index (κ1) is 20.4. The van der Waals surface area contributed by atoms with Crippen molar-refractivity contribution in [3.05, 3.63) is 29.8 Å². The average Bonchev–Trinajstić information content (AvgIpc) is 3.21. The van der Waals surface area contributed by atoms with Crippen molar-refractivity contribution < 1.29 is 4.74 Å². The van der Waals surface area contributed by atoms with Gasteiger partial charge in [0.2, 0.25) is 5.90 Å². The molecule has 2 nitrogen and oxygen atoms in total. The fraction of sp³-hybridized carbons (Fsp3) is 0.720. The second kappa shape index (κ2) is 8.86. The van der Waals surface area contributed by atoms with Gasteiger partial charge < -0.3 is 4.74 Å². The lowest BCUT2D eigenvalue weighted by Gasteiger charge is -2.39. The predicted molar refractivity (Wildman–Crippen MR) is 122 cm³/mol. The van der Waals surface area contributed by atoms with Gasteiger partial charge in [0.15, 0.2) is 0 Å². The third kappa shape index (κ3) is 4.48. The zero-order valence-electron chi connectivity index (χ0n) is 18.1. The van der Waals surface area contributed by atoms with Crippen LogP contribution in [0.5, 0.6) is 0 Å². The summed E-state index contributed by atoms with van der Waals surface area (Å²) in [5, 5.41) is 1.60. The first-order chi connectivity index (χ1) is 13.5. The Hall–Kier alpha value is -0.880. The third-order valence-electron chi connectivity index (χ3n) is 7.00. The van der Waals surface area contributed by atoms with Gasteiger partial charge in [-0.05, 0) is 53.8 Å². The van der Waals surface area contributed by atoms with Crippen molar-refractivity contribution in [1.29, 1.82) is 0 Å². The van der Waals surface area contributed by atoms with E-state index in [0.717, 1.165) is 23.8 Å². The fourth-order valence-electron chi connectivity index (χ4n) is 5.25. The summed E-state index contributed by atoms with van der Waals surface area (Å²) in [7, 11) is -0.132. The van der Waals surface area contributed by atoms with Crippen LogP contribution >= 0.6 is 7.92 Å². The summed E-state index contributed by atoms with van der Waals surface area (Å²) in [5.41, 5.74) is 3.30. The lowest BCUT2D eigenvalue weighted by molar-refractivity contribution is 0.236. The maximum atomic E-state index is 6.20. The van der Waals surface area contributed by atoms with E-state index in [9.17, 15) is 0 Å². The van der Waals surface area contributed by atoms with Gasteiger partial charge in [0, 0.05) is 5.56 Å². The van der Waals surface area contributed by atoms with E-state index in [1.807, 2.05) is 0 Å². The minimum atomic E-state index is -0.132. The molecule has 1 aliphatic heterocycles. The van der Waals surface area contributed by atoms with Crippen molar-refractivity contribution in [2.24, 2.45) is 10.4 Å². The molecule has 0 N–H and O–H groups in total. The van der Waals surface area contributed by atoms with E-state index in [2.05, 4.69) is 45.0 Å². The van der Waals surface area contributed by atoms with E-state index in [-0.39, 0.29) is 19.4 Å². The summed E-state index contributed by atoms with van der Waals surface area (Å²) in [6.07, 6.45) is 14.4. The van der Waals surface area contributed by atoms with Crippen LogP contribution < -0.4 is 5.30 Å². The van der Waals surface area contributed by atoms with E-state index >= 15 is 0 Å². The highest BCUT2D eigenvalue weighted by atomic mass is 31.1. The molecule has 0 bridgehead atoms. The number of benzene rings is 1. The quantitative estimate of drug-likeness (QED) is 0.519. The van der Waals surface area contributed by atoms with Gasteiger partial charge in [-0.1, -0.05) is 85.4 Å². The van der Waals surface area contributed by atoms with Crippen LogP contribution in [0.25, 0.3) is 0 Å². The Bertz CT molecular complexity index is 662. The molecule has 0 unspecified atom stereocenters. The van der Waals surface area contributed by atoms with Crippen LogP contribution in [0.4, 0.5) is 0 Å². The Kier molecular flexibility index (Phi) is 6.46. The van der Waals surface area contributed by atoms with Crippen LogP contribution in [-0.4, -0.2) is 29.9 Å². The van der Waals surface area contributed by atoms with Crippen LogP contribution in [0, 0.1) is 5.41 Å². The molecule has 0 amide bonds. The van der Waals surface area contributed by atoms with Gasteiger partial charge in [-0.15, -0.1) is 0 Å². The number of rotatable bonds is 4. The SMILES string of the molecule is CC(C)(C)[C@H]1COC(c2ccccc2P(C2CCCCC2)C2CCCCC2)=N1. The van der Waals surface area contributed by atoms with E-state index in [0.29, 0.717) is 0 Å². The van der Waals surface area contributed by atoms with Crippen molar-refractivity contribution in [1.82, 2.24) is 0 Å². The Morgan fingerprint density at radius 3 is 1.96 bits per heavy atom. The van der Waals surface area contributed by atoms with E-state index in [1.54, 1.807) is 5.30 Å². The summed E-state index contributed by atoms with van der Waals surface area (Å²) in [6.45, 7) is 7.56. The number of hydrogen-bond donors (Lipinski definition) is 0. The standard InChI is InChI=1S/C25H38NOP/c1-25(2,3)23-18-27-24(26-23)21-16-10-11-17-22(21)28(19-12-6-4-7-13-19)20-14-8-5-9-15-20/h10-11,16-17,19-20,23H,4-9,12-15,18H2,1-3H3/t23-/m1/s1. The smallest absolute Gasteiger partial charge is 0.217 e. The molecule has 2 saturated carbocycles. The molecule has 2 aliphatic carbocycles. The molecule has 1 heterocycles. The molecular formula is C25H38NOP. The average molecular weight is 400 g/mol.